The van der Waals surface area contributed by atoms with Crippen LogP contribution in [0.2, 0.25) is 0 Å². The molecule has 2 N–H and O–H groups in total. The molecule has 0 saturated heterocycles. The summed E-state index contributed by atoms with van der Waals surface area (Å²) in [5, 5.41) is 19.7. The third-order valence-electron chi connectivity index (χ3n) is 5.67. The van der Waals surface area contributed by atoms with Gasteiger partial charge < -0.3 is 10.2 Å². The van der Waals surface area contributed by atoms with E-state index in [1.165, 1.54) is 25.7 Å². The van der Waals surface area contributed by atoms with E-state index in [2.05, 4.69) is 13.2 Å². The summed E-state index contributed by atoms with van der Waals surface area (Å²) < 4.78 is 0. The van der Waals surface area contributed by atoms with Crippen LogP contribution in [0.25, 0.3) is 0 Å². The molecule has 0 amide bonds. The van der Waals surface area contributed by atoms with Crippen molar-refractivity contribution in [2.24, 2.45) is 11.8 Å². The molecule has 22 heavy (non-hydrogen) atoms. The minimum atomic E-state index is -0.386. The van der Waals surface area contributed by atoms with Gasteiger partial charge in [-0.3, -0.25) is 0 Å². The quantitative estimate of drug-likeness (QED) is 0.677. The third kappa shape index (κ3) is 5.89. The van der Waals surface area contributed by atoms with Gasteiger partial charge in [0, 0.05) is 0 Å². The van der Waals surface area contributed by atoms with Crippen molar-refractivity contribution in [2.75, 3.05) is 0 Å². The summed E-state index contributed by atoms with van der Waals surface area (Å²) in [5.41, 5.74) is -0.772. The van der Waals surface area contributed by atoms with Crippen molar-refractivity contribution < 1.29 is 10.2 Å². The van der Waals surface area contributed by atoms with E-state index in [4.69, 9.17) is 0 Å². The third-order valence-corrected chi connectivity index (χ3v) is 5.67. The second kappa shape index (κ2) is 8.88. The van der Waals surface area contributed by atoms with E-state index in [0.717, 1.165) is 38.5 Å². The number of aliphatic hydroxyl groups is 2. The second-order valence-electron chi connectivity index (χ2n) is 7.62. The molecule has 0 aromatic heterocycles. The number of hydrogen-bond donors (Lipinski definition) is 2. The fourth-order valence-corrected chi connectivity index (χ4v) is 3.99. The van der Waals surface area contributed by atoms with Crippen molar-refractivity contribution in [3.8, 4) is 0 Å². The van der Waals surface area contributed by atoms with Gasteiger partial charge in [0.15, 0.2) is 0 Å². The molecular formula is C20H36O2. The average molecular weight is 309 g/mol. The number of rotatable bonds is 6. The molecule has 0 bridgehead atoms. The van der Waals surface area contributed by atoms with Gasteiger partial charge in [0.25, 0.3) is 0 Å². The van der Waals surface area contributed by atoms with Gasteiger partial charge in [0.2, 0.25) is 0 Å². The lowest BCUT2D eigenvalue weighted by atomic mass is 9.89. The lowest BCUT2D eigenvalue weighted by Gasteiger charge is -2.24. The summed E-state index contributed by atoms with van der Waals surface area (Å²) in [4.78, 5) is 0. The zero-order valence-electron chi connectivity index (χ0n) is 14.7. The number of allylic oxidation sites excluding steroid dienone is 2. The van der Waals surface area contributed by atoms with Crippen molar-refractivity contribution in [3.05, 3.63) is 25.3 Å². The van der Waals surface area contributed by atoms with Crippen LogP contribution in [-0.4, -0.2) is 21.4 Å². The first kappa shape index (κ1) is 19.4. The van der Waals surface area contributed by atoms with Crippen LogP contribution in [0.1, 0.15) is 78.1 Å². The molecule has 2 aliphatic rings. The van der Waals surface area contributed by atoms with Crippen molar-refractivity contribution in [1.82, 2.24) is 0 Å². The Kier molecular flexibility index (Phi) is 7.85. The zero-order valence-corrected chi connectivity index (χ0v) is 14.7. The molecule has 2 aliphatic carbocycles. The number of hydrogen-bond acceptors (Lipinski definition) is 2. The van der Waals surface area contributed by atoms with Gasteiger partial charge in [-0.2, -0.15) is 0 Å². The van der Waals surface area contributed by atoms with Gasteiger partial charge in [0.05, 0.1) is 11.2 Å². The van der Waals surface area contributed by atoms with Crippen LogP contribution in [0.15, 0.2) is 25.3 Å². The van der Waals surface area contributed by atoms with Crippen molar-refractivity contribution in [3.63, 3.8) is 0 Å². The molecule has 128 valence electrons. The first-order valence-electron chi connectivity index (χ1n) is 9.00. The van der Waals surface area contributed by atoms with E-state index < -0.39 is 0 Å². The molecule has 0 aromatic carbocycles. The Hall–Kier alpha value is -0.600. The van der Waals surface area contributed by atoms with E-state index in [9.17, 15) is 10.2 Å². The Morgan fingerprint density at radius 2 is 1.23 bits per heavy atom. The minimum absolute atomic E-state index is 0.386. The zero-order chi connectivity index (χ0) is 16.6. The Labute approximate surface area is 137 Å². The summed E-state index contributed by atoms with van der Waals surface area (Å²) in [6, 6.07) is 0. The van der Waals surface area contributed by atoms with E-state index in [0.29, 0.717) is 11.8 Å². The first-order chi connectivity index (χ1) is 10.3. The minimum Gasteiger partial charge on any atom is -0.390 e. The largest absolute Gasteiger partial charge is 0.390 e. The summed E-state index contributed by atoms with van der Waals surface area (Å²) >= 11 is 0. The molecule has 0 spiro atoms. The topological polar surface area (TPSA) is 40.5 Å². The maximum Gasteiger partial charge on any atom is 0.0647 e. The van der Waals surface area contributed by atoms with Crippen LogP contribution in [-0.2, 0) is 0 Å². The lowest BCUT2D eigenvalue weighted by Crippen LogP contribution is -2.28. The normalized spacial score (nSPS) is 37.5. The highest BCUT2D eigenvalue weighted by Crippen LogP contribution is 2.38. The summed E-state index contributed by atoms with van der Waals surface area (Å²) in [7, 11) is 0. The molecule has 2 rings (SSSR count). The molecule has 0 radical (unpaired) electrons. The highest BCUT2D eigenvalue weighted by molar-refractivity contribution is 4.90. The monoisotopic (exact) mass is 308 g/mol. The van der Waals surface area contributed by atoms with Crippen molar-refractivity contribution in [1.29, 1.82) is 0 Å². The molecule has 0 aliphatic heterocycles. The molecular weight excluding hydrogens is 272 g/mol. The average Bonchev–Trinajstić information content (AvgIpc) is 2.96. The molecule has 4 atom stereocenters. The van der Waals surface area contributed by atoms with Gasteiger partial charge in [-0.15, -0.1) is 13.2 Å². The van der Waals surface area contributed by atoms with E-state index >= 15 is 0 Å². The van der Waals surface area contributed by atoms with Gasteiger partial charge in [-0.05, 0) is 77.0 Å². The van der Waals surface area contributed by atoms with Crippen LogP contribution >= 0.6 is 0 Å². The SMILES string of the molecule is C=CCC[C@@H]1CCC[C@@]1(C)O.C=CCC[C@H]1CCC[C@]1(C)O. The Morgan fingerprint density at radius 3 is 1.45 bits per heavy atom. The Bertz CT molecular complexity index is 310. The first-order valence-corrected chi connectivity index (χ1v) is 9.00. The summed E-state index contributed by atoms with van der Waals surface area (Å²) in [5.74, 6) is 1.03. The van der Waals surface area contributed by atoms with E-state index in [1.807, 2.05) is 26.0 Å². The highest BCUT2D eigenvalue weighted by Gasteiger charge is 2.36. The Balaban J connectivity index is 0.000000220. The summed E-state index contributed by atoms with van der Waals surface area (Å²) in [6.45, 7) is 11.3. The highest BCUT2D eigenvalue weighted by atomic mass is 16.3. The summed E-state index contributed by atoms with van der Waals surface area (Å²) in [6.07, 6.45) is 14.9. The molecule has 0 heterocycles. The maximum atomic E-state index is 9.85. The van der Waals surface area contributed by atoms with E-state index in [-0.39, 0.29) is 11.2 Å². The predicted octanol–water partition coefficient (Wildman–Crippen LogP) is 5.01. The Morgan fingerprint density at radius 1 is 0.864 bits per heavy atom. The molecule has 2 nitrogen and oxygen atoms in total. The van der Waals surface area contributed by atoms with Crippen LogP contribution in [0.4, 0.5) is 0 Å². The van der Waals surface area contributed by atoms with Gasteiger partial charge >= 0.3 is 0 Å². The molecule has 0 aromatic rings. The van der Waals surface area contributed by atoms with Crippen LogP contribution in [0, 0.1) is 11.8 Å². The maximum absolute atomic E-state index is 9.85. The van der Waals surface area contributed by atoms with Crippen LogP contribution in [0.5, 0.6) is 0 Å². The molecule has 0 unspecified atom stereocenters. The fraction of sp³-hybridized carbons (Fsp3) is 0.800. The van der Waals surface area contributed by atoms with Crippen molar-refractivity contribution >= 4 is 0 Å². The molecule has 2 heteroatoms. The lowest BCUT2D eigenvalue weighted by molar-refractivity contribution is 0.0179. The van der Waals surface area contributed by atoms with Gasteiger partial charge in [-0.1, -0.05) is 25.0 Å². The standard InChI is InChI=1S/2C10H18O/c2*1-3-4-6-9-7-5-8-10(9,2)11/h2*3,9,11H,1,4-8H2,2H3/t2*9-,10-/m10/s1. The predicted molar refractivity (Wildman–Crippen MR) is 94.8 cm³/mol. The molecule has 2 saturated carbocycles. The van der Waals surface area contributed by atoms with Gasteiger partial charge in [-0.25, -0.2) is 0 Å². The van der Waals surface area contributed by atoms with Gasteiger partial charge in [0.1, 0.15) is 0 Å². The smallest absolute Gasteiger partial charge is 0.0647 e. The van der Waals surface area contributed by atoms with E-state index in [1.54, 1.807) is 0 Å². The van der Waals surface area contributed by atoms with Crippen LogP contribution in [0.3, 0.4) is 0 Å². The van der Waals surface area contributed by atoms with Crippen LogP contribution < -0.4 is 0 Å². The fourth-order valence-electron chi connectivity index (χ4n) is 3.99. The molecule has 2 fully saturated rings. The second-order valence-corrected chi connectivity index (χ2v) is 7.62. The van der Waals surface area contributed by atoms with Crippen molar-refractivity contribution in [2.45, 2.75) is 89.3 Å².